The standard InChI is InChI=1S/C45H86NO2/c1-7-13-15-17-19-21-23-25-27-29-31-33-35-37-39-41-43(47)45(9-3,46(10-4,11-5)12-6)44(48)42-40-38-36-34-32-30-28-26-24-22-20-18-16-14-8-2/h25-28H,7-24,29-42H2,1-6H3/q+1/b27-25-,28-26-. The average molecular weight is 673 g/mol. The summed E-state index contributed by atoms with van der Waals surface area (Å²) in [5.41, 5.74) is -0.861. The highest BCUT2D eigenvalue weighted by Crippen LogP contribution is 2.34. The van der Waals surface area contributed by atoms with Crippen LogP contribution in [0.1, 0.15) is 228 Å². The number of hydrogen-bond acceptors (Lipinski definition) is 2. The Morgan fingerprint density at radius 2 is 0.667 bits per heavy atom. The van der Waals surface area contributed by atoms with E-state index in [-0.39, 0.29) is 11.6 Å². The summed E-state index contributed by atoms with van der Waals surface area (Å²) < 4.78 is 0.622. The Hall–Kier alpha value is -1.22. The number of ketones is 2. The number of carbonyl (C=O) groups is 2. The Bertz CT molecular complexity index is 733. The van der Waals surface area contributed by atoms with Crippen molar-refractivity contribution in [3.05, 3.63) is 24.3 Å². The molecule has 0 aliphatic carbocycles. The van der Waals surface area contributed by atoms with Crippen LogP contribution in [0.15, 0.2) is 24.3 Å². The number of Topliss-reactive ketones (excluding diaryl/α,β-unsaturated/α-hetero) is 2. The fourth-order valence-corrected chi connectivity index (χ4v) is 8.02. The van der Waals surface area contributed by atoms with Gasteiger partial charge in [0.25, 0.3) is 0 Å². The van der Waals surface area contributed by atoms with Gasteiger partial charge in [-0.15, -0.1) is 0 Å². The van der Waals surface area contributed by atoms with Crippen molar-refractivity contribution in [1.82, 2.24) is 0 Å². The van der Waals surface area contributed by atoms with E-state index in [0.717, 1.165) is 45.3 Å². The summed E-state index contributed by atoms with van der Waals surface area (Å²) in [6.45, 7) is 15.7. The van der Waals surface area contributed by atoms with Gasteiger partial charge >= 0.3 is 0 Å². The fraction of sp³-hybridized carbons (Fsp3) is 0.867. The molecule has 3 nitrogen and oxygen atoms in total. The van der Waals surface area contributed by atoms with Crippen LogP contribution in [-0.2, 0) is 9.59 Å². The third-order valence-electron chi connectivity index (χ3n) is 11.4. The molecule has 0 spiro atoms. The topological polar surface area (TPSA) is 34.1 Å². The lowest BCUT2D eigenvalue weighted by Gasteiger charge is -2.50. The SMILES string of the molecule is CCCCCCCC/C=C\CCCCCCCC(=O)C(CC)(C(=O)CCCCCCC/C=C\CCCCCCCC)[N+](CC)(CC)CC. The molecular weight excluding hydrogens is 587 g/mol. The third kappa shape index (κ3) is 19.8. The van der Waals surface area contributed by atoms with Gasteiger partial charge in [0.1, 0.15) is 0 Å². The van der Waals surface area contributed by atoms with Crippen molar-refractivity contribution in [2.75, 3.05) is 19.6 Å². The van der Waals surface area contributed by atoms with Crippen molar-refractivity contribution in [1.29, 1.82) is 0 Å². The minimum Gasteiger partial charge on any atom is -0.307 e. The molecule has 0 aliphatic rings. The van der Waals surface area contributed by atoms with Gasteiger partial charge in [0.2, 0.25) is 17.1 Å². The second-order valence-electron chi connectivity index (χ2n) is 14.8. The van der Waals surface area contributed by atoms with Gasteiger partial charge in [-0.3, -0.25) is 9.59 Å². The van der Waals surface area contributed by atoms with Crippen molar-refractivity contribution in [2.45, 2.75) is 233 Å². The van der Waals surface area contributed by atoms with E-state index in [9.17, 15) is 9.59 Å². The molecule has 0 bridgehead atoms. The number of carbonyl (C=O) groups excluding carboxylic acids is 2. The van der Waals surface area contributed by atoms with Crippen LogP contribution in [0.3, 0.4) is 0 Å². The molecule has 0 aromatic rings. The maximum atomic E-state index is 14.1. The van der Waals surface area contributed by atoms with E-state index in [1.807, 2.05) is 0 Å². The lowest BCUT2D eigenvalue weighted by molar-refractivity contribution is -0.952. The lowest BCUT2D eigenvalue weighted by Crippen LogP contribution is -2.71. The van der Waals surface area contributed by atoms with Gasteiger partial charge in [0, 0.05) is 19.3 Å². The predicted molar refractivity (Wildman–Crippen MR) is 214 cm³/mol. The lowest BCUT2D eigenvalue weighted by atomic mass is 9.77. The van der Waals surface area contributed by atoms with Crippen LogP contribution < -0.4 is 0 Å². The molecule has 0 aromatic heterocycles. The molecule has 0 heterocycles. The van der Waals surface area contributed by atoms with Crippen LogP contribution in [0.4, 0.5) is 0 Å². The van der Waals surface area contributed by atoms with Gasteiger partial charge in [-0.2, -0.15) is 0 Å². The number of unbranched alkanes of at least 4 members (excludes halogenated alkanes) is 22. The first-order chi connectivity index (χ1) is 23.5. The summed E-state index contributed by atoms with van der Waals surface area (Å²) in [7, 11) is 0. The minimum atomic E-state index is -0.861. The molecule has 0 radical (unpaired) electrons. The first kappa shape index (κ1) is 46.8. The van der Waals surface area contributed by atoms with Crippen LogP contribution in [0.5, 0.6) is 0 Å². The maximum Gasteiger partial charge on any atom is 0.216 e. The van der Waals surface area contributed by atoms with E-state index in [2.05, 4.69) is 65.8 Å². The van der Waals surface area contributed by atoms with Gasteiger partial charge in [0.15, 0.2) is 0 Å². The van der Waals surface area contributed by atoms with Crippen LogP contribution in [-0.4, -0.2) is 41.2 Å². The molecule has 48 heavy (non-hydrogen) atoms. The highest BCUT2D eigenvalue weighted by atomic mass is 16.2. The molecular formula is C45H86NO2+. The van der Waals surface area contributed by atoms with E-state index >= 15 is 0 Å². The monoisotopic (exact) mass is 673 g/mol. The van der Waals surface area contributed by atoms with E-state index in [1.165, 1.54) is 141 Å². The number of nitrogens with zero attached hydrogens (tertiary/aromatic N) is 1. The first-order valence-electron chi connectivity index (χ1n) is 21.7. The Balaban J connectivity index is 4.54. The molecule has 0 aromatic carbocycles. The van der Waals surface area contributed by atoms with Crippen molar-refractivity contribution in [3.8, 4) is 0 Å². The third-order valence-corrected chi connectivity index (χ3v) is 11.4. The first-order valence-corrected chi connectivity index (χ1v) is 21.7. The highest BCUT2D eigenvalue weighted by molar-refractivity contribution is 6.10. The van der Waals surface area contributed by atoms with Crippen molar-refractivity contribution < 1.29 is 14.1 Å². The largest absolute Gasteiger partial charge is 0.307 e. The molecule has 0 saturated carbocycles. The summed E-state index contributed by atoms with van der Waals surface area (Å²) in [6, 6.07) is 0. The molecule has 0 atom stereocenters. The smallest absolute Gasteiger partial charge is 0.216 e. The van der Waals surface area contributed by atoms with Crippen LogP contribution >= 0.6 is 0 Å². The molecule has 0 unspecified atom stereocenters. The van der Waals surface area contributed by atoms with E-state index in [4.69, 9.17) is 0 Å². The van der Waals surface area contributed by atoms with Gasteiger partial charge in [0.05, 0.1) is 19.6 Å². The Kier molecular flexibility index (Phi) is 32.1. The van der Waals surface area contributed by atoms with E-state index in [1.54, 1.807) is 0 Å². The van der Waals surface area contributed by atoms with Crippen molar-refractivity contribution in [2.24, 2.45) is 0 Å². The molecule has 3 heteroatoms. The summed E-state index contributed by atoms with van der Waals surface area (Å²) in [4.78, 5) is 28.2. The summed E-state index contributed by atoms with van der Waals surface area (Å²) in [5.74, 6) is 0.455. The summed E-state index contributed by atoms with van der Waals surface area (Å²) in [6.07, 6.45) is 43.9. The van der Waals surface area contributed by atoms with Crippen LogP contribution in [0.25, 0.3) is 0 Å². The summed E-state index contributed by atoms with van der Waals surface area (Å²) >= 11 is 0. The second kappa shape index (κ2) is 33.0. The Morgan fingerprint density at radius 1 is 0.396 bits per heavy atom. The fourth-order valence-electron chi connectivity index (χ4n) is 8.02. The van der Waals surface area contributed by atoms with Gasteiger partial charge in [-0.25, -0.2) is 0 Å². The minimum absolute atomic E-state index is 0.228. The molecule has 0 amide bonds. The number of hydrogen-bond donors (Lipinski definition) is 0. The number of allylic oxidation sites excluding steroid dienone is 4. The zero-order chi connectivity index (χ0) is 35.6. The van der Waals surface area contributed by atoms with Gasteiger partial charge in [-0.1, -0.05) is 148 Å². The van der Waals surface area contributed by atoms with Crippen LogP contribution in [0.2, 0.25) is 0 Å². The maximum absolute atomic E-state index is 14.1. The number of quaternary nitrogens is 1. The van der Waals surface area contributed by atoms with Gasteiger partial charge in [-0.05, 0) is 85.0 Å². The van der Waals surface area contributed by atoms with Gasteiger partial charge < -0.3 is 4.48 Å². The van der Waals surface area contributed by atoms with E-state index in [0.29, 0.717) is 23.7 Å². The number of rotatable bonds is 37. The van der Waals surface area contributed by atoms with E-state index < -0.39 is 5.54 Å². The molecule has 0 fully saturated rings. The quantitative estimate of drug-likeness (QED) is 0.0285. The van der Waals surface area contributed by atoms with Crippen molar-refractivity contribution in [3.63, 3.8) is 0 Å². The summed E-state index contributed by atoms with van der Waals surface area (Å²) in [5, 5.41) is 0. The Labute approximate surface area is 302 Å². The molecule has 0 rings (SSSR count). The Morgan fingerprint density at radius 3 is 0.938 bits per heavy atom. The van der Waals surface area contributed by atoms with Crippen molar-refractivity contribution >= 4 is 11.6 Å². The molecule has 0 saturated heterocycles. The molecule has 282 valence electrons. The normalized spacial score (nSPS) is 12.5. The zero-order valence-corrected chi connectivity index (χ0v) is 33.7. The zero-order valence-electron chi connectivity index (χ0n) is 33.7. The molecule has 0 aliphatic heterocycles. The average Bonchev–Trinajstić information content (AvgIpc) is 3.10. The van der Waals surface area contributed by atoms with Crippen LogP contribution in [0, 0.1) is 0 Å². The highest BCUT2D eigenvalue weighted by Gasteiger charge is 2.57. The number of likely N-dealkylation sites (N-methyl/N-ethyl adjacent to an activating group) is 1. The second-order valence-corrected chi connectivity index (χ2v) is 14.8. The predicted octanol–water partition coefficient (Wildman–Crippen LogP) is 14.2. The molecule has 0 N–H and O–H groups in total.